The van der Waals surface area contributed by atoms with Crippen LogP contribution >= 0.6 is 0 Å². The SMILES string of the molecule is CCS(=O)NC1CCCC1N. The number of hydrogen-bond acceptors (Lipinski definition) is 2. The van der Waals surface area contributed by atoms with Gasteiger partial charge in [-0.05, 0) is 12.8 Å². The van der Waals surface area contributed by atoms with Gasteiger partial charge in [-0.25, -0.2) is 8.93 Å². The molecule has 4 heteroatoms. The molecule has 3 N–H and O–H groups in total. The molecule has 0 radical (unpaired) electrons. The van der Waals surface area contributed by atoms with Crippen molar-refractivity contribution in [1.29, 1.82) is 0 Å². The second-order valence-corrected chi connectivity index (χ2v) is 4.46. The molecule has 0 aromatic heterocycles. The monoisotopic (exact) mass is 176 g/mol. The van der Waals surface area contributed by atoms with E-state index in [2.05, 4.69) is 4.72 Å². The van der Waals surface area contributed by atoms with E-state index in [0.717, 1.165) is 12.8 Å². The summed E-state index contributed by atoms with van der Waals surface area (Å²) in [4.78, 5) is 0. The Balaban J connectivity index is 2.30. The predicted octanol–water partition coefficient (Wildman–Crippen LogP) is 0.139. The molecular formula is C7H16N2OS. The molecule has 3 atom stereocenters. The molecule has 1 aliphatic rings. The van der Waals surface area contributed by atoms with Gasteiger partial charge in [-0.3, -0.25) is 0 Å². The highest BCUT2D eigenvalue weighted by Crippen LogP contribution is 2.17. The topological polar surface area (TPSA) is 55.1 Å². The Hall–Kier alpha value is 0.0700. The molecule has 0 bridgehead atoms. The fourth-order valence-corrected chi connectivity index (χ4v) is 2.18. The van der Waals surface area contributed by atoms with Crippen LogP contribution in [0, 0.1) is 0 Å². The van der Waals surface area contributed by atoms with Gasteiger partial charge in [-0.2, -0.15) is 0 Å². The van der Waals surface area contributed by atoms with Gasteiger partial charge in [-0.15, -0.1) is 0 Å². The van der Waals surface area contributed by atoms with E-state index in [4.69, 9.17) is 5.73 Å². The summed E-state index contributed by atoms with van der Waals surface area (Å²) in [6, 6.07) is 0.501. The van der Waals surface area contributed by atoms with E-state index in [0.29, 0.717) is 5.75 Å². The van der Waals surface area contributed by atoms with Crippen LogP contribution in [-0.2, 0) is 11.0 Å². The minimum Gasteiger partial charge on any atom is -0.326 e. The van der Waals surface area contributed by atoms with Crippen LogP contribution < -0.4 is 10.5 Å². The Bertz CT molecular complexity index is 151. The second-order valence-electron chi connectivity index (χ2n) is 2.95. The average Bonchev–Trinajstić information content (AvgIpc) is 2.37. The lowest BCUT2D eigenvalue weighted by Gasteiger charge is -2.15. The molecule has 3 unspecified atom stereocenters. The lowest BCUT2D eigenvalue weighted by Crippen LogP contribution is -2.42. The highest BCUT2D eigenvalue weighted by molar-refractivity contribution is 7.82. The largest absolute Gasteiger partial charge is 0.326 e. The molecular weight excluding hydrogens is 160 g/mol. The fraction of sp³-hybridized carbons (Fsp3) is 1.00. The van der Waals surface area contributed by atoms with Crippen LogP contribution in [0.2, 0.25) is 0 Å². The van der Waals surface area contributed by atoms with E-state index >= 15 is 0 Å². The van der Waals surface area contributed by atoms with Crippen LogP contribution in [0.4, 0.5) is 0 Å². The normalized spacial score (nSPS) is 34.0. The number of nitrogens with one attached hydrogen (secondary N) is 1. The van der Waals surface area contributed by atoms with Crippen LogP contribution in [0.15, 0.2) is 0 Å². The van der Waals surface area contributed by atoms with Gasteiger partial charge in [0, 0.05) is 17.8 Å². The standard InChI is InChI=1S/C7H16N2OS/c1-2-11(10)9-7-5-3-4-6(7)8/h6-7,9H,2-5,8H2,1H3. The van der Waals surface area contributed by atoms with E-state index in [1.807, 2.05) is 6.92 Å². The van der Waals surface area contributed by atoms with Crippen molar-refractivity contribution in [3.63, 3.8) is 0 Å². The Kier molecular flexibility index (Phi) is 3.48. The Morgan fingerprint density at radius 2 is 2.36 bits per heavy atom. The van der Waals surface area contributed by atoms with Gasteiger partial charge in [0.05, 0.1) is 11.0 Å². The van der Waals surface area contributed by atoms with Gasteiger partial charge in [-0.1, -0.05) is 13.3 Å². The van der Waals surface area contributed by atoms with Crippen LogP contribution in [0.1, 0.15) is 26.2 Å². The quantitative estimate of drug-likeness (QED) is 0.642. The summed E-state index contributed by atoms with van der Waals surface area (Å²) in [5.74, 6) is 0.670. The van der Waals surface area contributed by atoms with Gasteiger partial charge in [0.2, 0.25) is 0 Å². The first-order valence-corrected chi connectivity index (χ1v) is 5.46. The van der Waals surface area contributed by atoms with Crippen molar-refractivity contribution < 1.29 is 4.21 Å². The number of rotatable bonds is 3. The van der Waals surface area contributed by atoms with Gasteiger partial charge < -0.3 is 5.73 Å². The molecule has 0 saturated heterocycles. The summed E-state index contributed by atoms with van der Waals surface area (Å²) < 4.78 is 14.1. The van der Waals surface area contributed by atoms with Crippen molar-refractivity contribution in [3.05, 3.63) is 0 Å². The molecule has 3 nitrogen and oxygen atoms in total. The average molecular weight is 176 g/mol. The maximum Gasteiger partial charge on any atom is 0.0915 e. The molecule has 0 heterocycles. The number of hydrogen-bond donors (Lipinski definition) is 2. The highest BCUT2D eigenvalue weighted by Gasteiger charge is 2.24. The third-order valence-corrected chi connectivity index (χ3v) is 3.20. The molecule has 0 aromatic rings. The third-order valence-electron chi connectivity index (χ3n) is 2.11. The third kappa shape index (κ3) is 2.54. The smallest absolute Gasteiger partial charge is 0.0915 e. The second kappa shape index (κ2) is 4.18. The summed E-state index contributed by atoms with van der Waals surface area (Å²) in [5.41, 5.74) is 5.79. The molecule has 66 valence electrons. The Morgan fingerprint density at radius 3 is 2.82 bits per heavy atom. The molecule has 1 fully saturated rings. The lowest BCUT2D eigenvalue weighted by molar-refractivity contribution is 0.556. The van der Waals surface area contributed by atoms with E-state index in [9.17, 15) is 4.21 Å². The van der Waals surface area contributed by atoms with E-state index in [-0.39, 0.29) is 12.1 Å². The molecule has 0 spiro atoms. The zero-order valence-corrected chi connectivity index (χ0v) is 7.69. The minimum atomic E-state index is -0.868. The van der Waals surface area contributed by atoms with Crippen LogP contribution in [0.25, 0.3) is 0 Å². The van der Waals surface area contributed by atoms with Crippen molar-refractivity contribution in [3.8, 4) is 0 Å². The maximum atomic E-state index is 11.1. The zero-order chi connectivity index (χ0) is 8.27. The Morgan fingerprint density at radius 1 is 1.64 bits per heavy atom. The van der Waals surface area contributed by atoms with Gasteiger partial charge >= 0.3 is 0 Å². The zero-order valence-electron chi connectivity index (χ0n) is 6.88. The van der Waals surface area contributed by atoms with Crippen molar-refractivity contribution in [1.82, 2.24) is 4.72 Å². The molecule has 0 aliphatic heterocycles. The van der Waals surface area contributed by atoms with Crippen molar-refractivity contribution >= 4 is 11.0 Å². The molecule has 0 amide bonds. The first-order valence-electron chi connectivity index (χ1n) is 4.14. The van der Waals surface area contributed by atoms with Gasteiger partial charge in [0.25, 0.3) is 0 Å². The Labute approximate surface area is 70.3 Å². The summed E-state index contributed by atoms with van der Waals surface area (Å²) in [6.07, 6.45) is 3.31. The maximum absolute atomic E-state index is 11.1. The first-order chi connectivity index (χ1) is 5.24. The van der Waals surface area contributed by atoms with E-state index in [1.54, 1.807) is 0 Å². The molecule has 1 saturated carbocycles. The van der Waals surface area contributed by atoms with Crippen LogP contribution in [0.5, 0.6) is 0 Å². The molecule has 1 aliphatic carbocycles. The number of nitrogens with two attached hydrogens (primary N) is 1. The van der Waals surface area contributed by atoms with Gasteiger partial charge in [0.15, 0.2) is 0 Å². The molecule has 11 heavy (non-hydrogen) atoms. The summed E-state index contributed by atoms with van der Waals surface area (Å²) >= 11 is 0. The molecule has 1 rings (SSSR count). The van der Waals surface area contributed by atoms with Gasteiger partial charge in [0.1, 0.15) is 0 Å². The van der Waals surface area contributed by atoms with Crippen molar-refractivity contribution in [2.75, 3.05) is 5.75 Å². The van der Waals surface area contributed by atoms with Crippen LogP contribution in [0.3, 0.4) is 0 Å². The minimum absolute atomic E-state index is 0.213. The van der Waals surface area contributed by atoms with E-state index < -0.39 is 11.0 Å². The molecule has 0 aromatic carbocycles. The highest BCUT2D eigenvalue weighted by atomic mass is 32.2. The summed E-state index contributed by atoms with van der Waals surface area (Å²) in [7, 11) is -0.868. The fourth-order valence-electron chi connectivity index (χ4n) is 1.39. The lowest BCUT2D eigenvalue weighted by atomic mass is 10.2. The van der Waals surface area contributed by atoms with Crippen LogP contribution in [-0.4, -0.2) is 22.0 Å². The summed E-state index contributed by atoms with van der Waals surface area (Å²) in [5, 5.41) is 0. The summed E-state index contributed by atoms with van der Waals surface area (Å²) in [6.45, 7) is 1.91. The predicted molar refractivity (Wildman–Crippen MR) is 47.4 cm³/mol. The van der Waals surface area contributed by atoms with Crippen molar-refractivity contribution in [2.45, 2.75) is 38.3 Å². The van der Waals surface area contributed by atoms with E-state index in [1.165, 1.54) is 6.42 Å². The first kappa shape index (κ1) is 9.16. The van der Waals surface area contributed by atoms with Crippen molar-refractivity contribution in [2.24, 2.45) is 5.73 Å².